The topological polar surface area (TPSA) is 69.7 Å². The van der Waals surface area contributed by atoms with Crippen LogP contribution in [0.15, 0.2) is 23.1 Å². The molecule has 0 radical (unpaired) electrons. The molecule has 1 amide bonds. The molecule has 25 heavy (non-hydrogen) atoms. The quantitative estimate of drug-likeness (QED) is 0.862. The second kappa shape index (κ2) is 6.70. The van der Waals surface area contributed by atoms with Gasteiger partial charge in [-0.15, -0.1) is 0 Å². The highest BCUT2D eigenvalue weighted by atomic mass is 32.2. The summed E-state index contributed by atoms with van der Waals surface area (Å²) in [7, 11) is -1.81. The number of rotatable bonds is 5. The van der Waals surface area contributed by atoms with Crippen molar-refractivity contribution in [2.45, 2.75) is 43.4 Å². The predicted octanol–water partition coefficient (Wildman–Crippen LogP) is 1.70. The molecule has 138 valence electrons. The zero-order valence-electron chi connectivity index (χ0n) is 15.2. The fourth-order valence-corrected chi connectivity index (χ4v) is 4.72. The lowest BCUT2D eigenvalue weighted by molar-refractivity contribution is -0.119. The Morgan fingerprint density at radius 3 is 2.56 bits per heavy atom. The molecule has 0 spiro atoms. The van der Waals surface area contributed by atoms with E-state index in [0.29, 0.717) is 13.0 Å². The third kappa shape index (κ3) is 3.73. The molecular weight excluding hydrogens is 338 g/mol. The monoisotopic (exact) mass is 365 g/mol. The number of hydrogen-bond acceptors (Lipinski definition) is 4. The molecule has 6 nitrogen and oxygen atoms in total. The Morgan fingerprint density at radius 2 is 1.88 bits per heavy atom. The van der Waals surface area contributed by atoms with Gasteiger partial charge in [-0.3, -0.25) is 4.79 Å². The average molecular weight is 365 g/mol. The molecule has 1 N–H and O–H groups in total. The number of likely N-dealkylation sites (tertiary alicyclic amines) is 1. The number of nitrogens with zero attached hydrogens (tertiary/aromatic N) is 2. The van der Waals surface area contributed by atoms with E-state index in [-0.39, 0.29) is 16.2 Å². The van der Waals surface area contributed by atoms with Gasteiger partial charge in [-0.05, 0) is 49.7 Å². The molecule has 0 atom stereocenters. The fourth-order valence-electron chi connectivity index (χ4n) is 3.67. The predicted molar refractivity (Wildman–Crippen MR) is 98.4 cm³/mol. The molecule has 0 aliphatic carbocycles. The van der Waals surface area contributed by atoms with E-state index in [9.17, 15) is 13.2 Å². The Bertz CT molecular complexity index is 768. The summed E-state index contributed by atoms with van der Waals surface area (Å²) in [4.78, 5) is 16.3. The summed E-state index contributed by atoms with van der Waals surface area (Å²) in [5.41, 5.74) is 1.31. The summed E-state index contributed by atoms with van der Waals surface area (Å²) in [6.45, 7) is 7.22. The van der Waals surface area contributed by atoms with Gasteiger partial charge in [0.05, 0.1) is 4.90 Å². The van der Waals surface area contributed by atoms with Gasteiger partial charge < -0.3 is 9.80 Å². The first-order valence-corrected chi connectivity index (χ1v) is 10.3. The third-order valence-corrected chi connectivity index (χ3v) is 6.71. The molecule has 7 heteroatoms. The van der Waals surface area contributed by atoms with Gasteiger partial charge in [-0.2, -0.15) is 0 Å². The fraction of sp³-hybridized carbons (Fsp3) is 0.611. The van der Waals surface area contributed by atoms with E-state index in [2.05, 4.69) is 9.62 Å². The van der Waals surface area contributed by atoms with Crippen LogP contribution >= 0.6 is 0 Å². The van der Waals surface area contributed by atoms with Gasteiger partial charge in [0, 0.05) is 37.7 Å². The first-order valence-electron chi connectivity index (χ1n) is 8.84. The summed E-state index contributed by atoms with van der Waals surface area (Å²) in [6, 6.07) is 5.04. The average Bonchev–Trinajstić information content (AvgIpc) is 3.05. The number of carbonyl (C=O) groups is 1. The lowest BCUT2D eigenvalue weighted by Gasteiger charge is -2.37. The smallest absolute Gasteiger partial charge is 0.240 e. The minimum absolute atomic E-state index is 0.0526. The number of fused-ring (bicyclic) bond motifs is 1. The highest BCUT2D eigenvalue weighted by molar-refractivity contribution is 7.89. The molecule has 1 saturated heterocycles. The standard InChI is InChI=1S/C18H27N3O3S/c1-18(2)13-17(22)20(3)16-7-6-14(12-15(16)18)25(23,24)19-8-11-21-9-4-5-10-21/h6-7,12,19H,4-5,8-11,13H2,1-3H3. The van der Waals surface area contributed by atoms with Crippen molar-refractivity contribution in [3.05, 3.63) is 23.8 Å². The lowest BCUT2D eigenvalue weighted by Crippen LogP contribution is -2.40. The van der Waals surface area contributed by atoms with Crippen molar-refractivity contribution in [3.8, 4) is 0 Å². The van der Waals surface area contributed by atoms with Crippen LogP contribution in [0.3, 0.4) is 0 Å². The molecule has 2 heterocycles. The molecule has 1 aromatic carbocycles. The Morgan fingerprint density at radius 1 is 1.20 bits per heavy atom. The van der Waals surface area contributed by atoms with Crippen LogP contribution in [0.25, 0.3) is 0 Å². The summed E-state index contributed by atoms with van der Waals surface area (Å²) >= 11 is 0. The van der Waals surface area contributed by atoms with Crippen molar-refractivity contribution < 1.29 is 13.2 Å². The second-order valence-corrected chi connectivity index (χ2v) is 9.41. The van der Waals surface area contributed by atoms with Gasteiger partial charge in [0.15, 0.2) is 0 Å². The minimum atomic E-state index is -3.55. The van der Waals surface area contributed by atoms with E-state index in [1.807, 2.05) is 13.8 Å². The first-order chi connectivity index (χ1) is 11.7. The molecule has 2 aliphatic heterocycles. The summed E-state index contributed by atoms with van der Waals surface area (Å²) in [5, 5.41) is 0. The SMILES string of the molecule is CN1C(=O)CC(C)(C)c2cc(S(=O)(=O)NCCN3CCCC3)ccc21. The number of benzene rings is 1. The summed E-state index contributed by atoms with van der Waals surface area (Å²) in [6.07, 6.45) is 2.76. The zero-order chi connectivity index (χ0) is 18.2. The van der Waals surface area contributed by atoms with E-state index < -0.39 is 10.0 Å². The maximum absolute atomic E-state index is 12.6. The van der Waals surface area contributed by atoms with Crippen molar-refractivity contribution in [2.75, 3.05) is 38.1 Å². The zero-order valence-corrected chi connectivity index (χ0v) is 16.0. The number of nitrogens with one attached hydrogen (secondary N) is 1. The normalized spacial score (nSPS) is 20.8. The Hall–Kier alpha value is -1.44. The maximum atomic E-state index is 12.6. The largest absolute Gasteiger partial charge is 0.315 e. The first kappa shape index (κ1) is 18.4. The third-order valence-electron chi connectivity index (χ3n) is 5.25. The van der Waals surface area contributed by atoms with Crippen LogP contribution in [0.4, 0.5) is 5.69 Å². The van der Waals surface area contributed by atoms with Gasteiger partial charge >= 0.3 is 0 Å². The van der Waals surface area contributed by atoms with Crippen LogP contribution < -0.4 is 9.62 Å². The molecule has 1 fully saturated rings. The van der Waals surface area contributed by atoms with Crippen molar-refractivity contribution >= 4 is 21.6 Å². The number of sulfonamides is 1. The van der Waals surface area contributed by atoms with Crippen LogP contribution in [0.2, 0.25) is 0 Å². The highest BCUT2D eigenvalue weighted by Gasteiger charge is 2.36. The Labute approximate surface area is 150 Å². The van der Waals surface area contributed by atoms with E-state index in [4.69, 9.17) is 0 Å². The Kier molecular flexibility index (Phi) is 4.92. The number of anilines is 1. The number of hydrogen-bond donors (Lipinski definition) is 1. The molecule has 0 bridgehead atoms. The summed E-state index contributed by atoms with van der Waals surface area (Å²) < 4.78 is 28.0. The highest BCUT2D eigenvalue weighted by Crippen LogP contribution is 2.40. The van der Waals surface area contributed by atoms with Crippen molar-refractivity contribution in [2.24, 2.45) is 0 Å². The van der Waals surface area contributed by atoms with E-state index >= 15 is 0 Å². The van der Waals surface area contributed by atoms with Crippen LogP contribution in [0, 0.1) is 0 Å². The molecule has 0 saturated carbocycles. The van der Waals surface area contributed by atoms with Gasteiger partial charge in [0.25, 0.3) is 0 Å². The van der Waals surface area contributed by atoms with Gasteiger partial charge in [-0.1, -0.05) is 13.8 Å². The van der Waals surface area contributed by atoms with Crippen LogP contribution in [-0.2, 0) is 20.2 Å². The Balaban J connectivity index is 1.79. The van der Waals surface area contributed by atoms with Crippen LogP contribution in [-0.4, -0.2) is 52.5 Å². The summed E-state index contributed by atoms with van der Waals surface area (Å²) in [5.74, 6) is 0.0526. The molecule has 2 aliphatic rings. The van der Waals surface area contributed by atoms with Crippen molar-refractivity contribution in [1.29, 1.82) is 0 Å². The van der Waals surface area contributed by atoms with Gasteiger partial charge in [0.2, 0.25) is 15.9 Å². The maximum Gasteiger partial charge on any atom is 0.240 e. The second-order valence-electron chi connectivity index (χ2n) is 7.64. The van der Waals surface area contributed by atoms with E-state index in [1.54, 1.807) is 30.1 Å². The van der Waals surface area contributed by atoms with E-state index in [0.717, 1.165) is 30.9 Å². The van der Waals surface area contributed by atoms with Gasteiger partial charge in [0.1, 0.15) is 0 Å². The molecular formula is C18H27N3O3S. The van der Waals surface area contributed by atoms with Crippen LogP contribution in [0.1, 0.15) is 38.7 Å². The molecule has 3 rings (SSSR count). The van der Waals surface area contributed by atoms with Crippen LogP contribution in [0.5, 0.6) is 0 Å². The van der Waals surface area contributed by atoms with Crippen molar-refractivity contribution in [1.82, 2.24) is 9.62 Å². The van der Waals surface area contributed by atoms with Gasteiger partial charge in [-0.25, -0.2) is 13.1 Å². The number of amides is 1. The van der Waals surface area contributed by atoms with Crippen molar-refractivity contribution in [3.63, 3.8) is 0 Å². The lowest BCUT2D eigenvalue weighted by atomic mass is 9.77. The molecule has 0 unspecified atom stereocenters. The molecule has 1 aromatic rings. The minimum Gasteiger partial charge on any atom is -0.315 e. The number of carbonyl (C=O) groups excluding carboxylic acids is 1. The molecule has 0 aromatic heterocycles. The van der Waals surface area contributed by atoms with E-state index in [1.165, 1.54) is 12.8 Å².